The molecular formula is C12H17NO. The summed E-state index contributed by atoms with van der Waals surface area (Å²) in [5.74, 6) is 0.234. The minimum absolute atomic E-state index is 0.0894. The molecule has 0 aliphatic heterocycles. The van der Waals surface area contributed by atoms with E-state index in [1.54, 1.807) is 0 Å². The SMILES string of the molecule is Cc1cc(C=N)c(O)c(C(C)(C)C)c1. The Bertz CT molecular complexity index is 361. The molecule has 0 heterocycles. The number of phenols is 1. The van der Waals surface area contributed by atoms with Crippen molar-refractivity contribution >= 4 is 6.21 Å². The second kappa shape index (κ2) is 3.45. The van der Waals surface area contributed by atoms with Crippen molar-refractivity contribution in [2.24, 2.45) is 0 Å². The van der Waals surface area contributed by atoms with Gasteiger partial charge in [0.2, 0.25) is 0 Å². The van der Waals surface area contributed by atoms with Gasteiger partial charge in [-0.1, -0.05) is 26.8 Å². The van der Waals surface area contributed by atoms with Gasteiger partial charge in [-0.3, -0.25) is 0 Å². The number of aryl methyl sites for hydroxylation is 1. The summed E-state index contributed by atoms with van der Waals surface area (Å²) in [6, 6.07) is 3.79. The molecule has 76 valence electrons. The van der Waals surface area contributed by atoms with Crippen molar-refractivity contribution in [3.63, 3.8) is 0 Å². The molecule has 0 aliphatic carbocycles. The Hall–Kier alpha value is -1.31. The predicted molar refractivity (Wildman–Crippen MR) is 59.4 cm³/mol. The number of rotatable bonds is 1. The lowest BCUT2D eigenvalue weighted by Crippen LogP contribution is -2.12. The number of hydrogen-bond donors (Lipinski definition) is 2. The maximum atomic E-state index is 9.90. The van der Waals surface area contributed by atoms with Crippen LogP contribution < -0.4 is 0 Å². The molecule has 0 unspecified atom stereocenters. The molecule has 0 fully saturated rings. The highest BCUT2D eigenvalue weighted by Crippen LogP contribution is 2.33. The van der Waals surface area contributed by atoms with Crippen molar-refractivity contribution in [2.75, 3.05) is 0 Å². The lowest BCUT2D eigenvalue weighted by molar-refractivity contribution is 0.445. The van der Waals surface area contributed by atoms with E-state index in [9.17, 15) is 5.11 Å². The fourth-order valence-corrected chi connectivity index (χ4v) is 1.49. The molecule has 0 saturated heterocycles. The van der Waals surface area contributed by atoms with Gasteiger partial charge in [-0.25, -0.2) is 0 Å². The van der Waals surface area contributed by atoms with Crippen LogP contribution in [0.25, 0.3) is 0 Å². The number of nitrogens with one attached hydrogen (secondary N) is 1. The third-order valence-electron chi connectivity index (χ3n) is 2.25. The Morgan fingerprint density at radius 1 is 1.29 bits per heavy atom. The van der Waals surface area contributed by atoms with Crippen molar-refractivity contribution in [3.8, 4) is 5.75 Å². The number of aromatic hydroxyl groups is 1. The van der Waals surface area contributed by atoms with Crippen LogP contribution in [-0.4, -0.2) is 11.3 Å². The van der Waals surface area contributed by atoms with E-state index in [-0.39, 0.29) is 11.2 Å². The number of benzene rings is 1. The minimum Gasteiger partial charge on any atom is -0.507 e. The first-order valence-electron chi connectivity index (χ1n) is 4.71. The van der Waals surface area contributed by atoms with Crippen molar-refractivity contribution in [1.29, 1.82) is 5.41 Å². The normalized spacial score (nSPS) is 11.4. The number of hydrogen-bond acceptors (Lipinski definition) is 2. The first kappa shape index (κ1) is 10.8. The molecule has 0 bridgehead atoms. The summed E-state index contributed by atoms with van der Waals surface area (Å²) in [6.07, 6.45) is 1.19. The van der Waals surface area contributed by atoms with Crippen LogP contribution in [0.15, 0.2) is 12.1 Å². The Kier molecular flexibility index (Phi) is 2.65. The van der Waals surface area contributed by atoms with E-state index in [4.69, 9.17) is 5.41 Å². The fourth-order valence-electron chi connectivity index (χ4n) is 1.49. The predicted octanol–water partition coefficient (Wildman–Crippen LogP) is 3.00. The van der Waals surface area contributed by atoms with Gasteiger partial charge in [0.15, 0.2) is 0 Å². The van der Waals surface area contributed by atoms with E-state index in [0.717, 1.165) is 11.1 Å². The van der Waals surface area contributed by atoms with E-state index in [0.29, 0.717) is 5.56 Å². The second-order valence-electron chi connectivity index (χ2n) is 4.64. The molecule has 14 heavy (non-hydrogen) atoms. The molecular weight excluding hydrogens is 174 g/mol. The first-order valence-corrected chi connectivity index (χ1v) is 4.71. The summed E-state index contributed by atoms with van der Waals surface area (Å²) >= 11 is 0. The number of phenolic OH excluding ortho intramolecular Hbond substituents is 1. The van der Waals surface area contributed by atoms with E-state index >= 15 is 0 Å². The van der Waals surface area contributed by atoms with Crippen molar-refractivity contribution in [1.82, 2.24) is 0 Å². The van der Waals surface area contributed by atoms with E-state index in [2.05, 4.69) is 20.8 Å². The van der Waals surface area contributed by atoms with Crippen LogP contribution in [-0.2, 0) is 5.41 Å². The minimum atomic E-state index is -0.0894. The van der Waals surface area contributed by atoms with Crippen LogP contribution in [0, 0.1) is 12.3 Å². The molecule has 0 radical (unpaired) electrons. The van der Waals surface area contributed by atoms with Gasteiger partial charge in [-0.15, -0.1) is 0 Å². The summed E-state index contributed by atoms with van der Waals surface area (Å²) < 4.78 is 0. The van der Waals surface area contributed by atoms with Crippen LogP contribution in [0.3, 0.4) is 0 Å². The largest absolute Gasteiger partial charge is 0.507 e. The molecule has 0 amide bonds. The fraction of sp³-hybridized carbons (Fsp3) is 0.417. The zero-order chi connectivity index (χ0) is 10.9. The zero-order valence-corrected chi connectivity index (χ0v) is 9.18. The Balaban J connectivity index is 3.44. The monoisotopic (exact) mass is 191 g/mol. The van der Waals surface area contributed by atoms with Gasteiger partial charge in [-0.05, 0) is 24.0 Å². The van der Waals surface area contributed by atoms with E-state index in [1.807, 2.05) is 19.1 Å². The molecule has 0 aliphatic rings. The van der Waals surface area contributed by atoms with E-state index in [1.165, 1.54) is 6.21 Å². The molecule has 1 aromatic carbocycles. The molecule has 0 spiro atoms. The zero-order valence-electron chi connectivity index (χ0n) is 9.18. The summed E-state index contributed by atoms with van der Waals surface area (Å²) in [5, 5.41) is 17.1. The van der Waals surface area contributed by atoms with E-state index < -0.39 is 0 Å². The van der Waals surface area contributed by atoms with Crippen LogP contribution in [0.1, 0.15) is 37.5 Å². The standard InChI is InChI=1S/C12H17NO/c1-8-5-9(7-13)11(14)10(6-8)12(2,3)4/h5-7,13-14H,1-4H3. The van der Waals surface area contributed by atoms with Crippen LogP contribution in [0.4, 0.5) is 0 Å². The summed E-state index contributed by atoms with van der Waals surface area (Å²) in [5.41, 5.74) is 2.48. The molecule has 1 aromatic rings. The Morgan fingerprint density at radius 3 is 2.29 bits per heavy atom. The van der Waals surface area contributed by atoms with Gasteiger partial charge in [-0.2, -0.15) is 0 Å². The highest BCUT2D eigenvalue weighted by molar-refractivity contribution is 5.82. The lowest BCUT2D eigenvalue weighted by atomic mass is 9.84. The molecule has 2 N–H and O–H groups in total. The maximum absolute atomic E-state index is 9.90. The van der Waals surface area contributed by atoms with Crippen LogP contribution >= 0.6 is 0 Å². The third-order valence-corrected chi connectivity index (χ3v) is 2.25. The average Bonchev–Trinajstić information content (AvgIpc) is 2.06. The first-order chi connectivity index (χ1) is 6.36. The second-order valence-corrected chi connectivity index (χ2v) is 4.64. The van der Waals surface area contributed by atoms with Gasteiger partial charge in [0.05, 0.1) is 0 Å². The van der Waals surface area contributed by atoms with Gasteiger partial charge in [0.1, 0.15) is 5.75 Å². The quantitative estimate of drug-likeness (QED) is 0.658. The van der Waals surface area contributed by atoms with Crippen molar-refractivity contribution in [3.05, 3.63) is 28.8 Å². The van der Waals surface area contributed by atoms with Gasteiger partial charge < -0.3 is 10.5 Å². The topological polar surface area (TPSA) is 44.1 Å². The van der Waals surface area contributed by atoms with Gasteiger partial charge in [0.25, 0.3) is 0 Å². The third kappa shape index (κ3) is 1.95. The Morgan fingerprint density at radius 2 is 1.86 bits per heavy atom. The molecule has 2 nitrogen and oxygen atoms in total. The average molecular weight is 191 g/mol. The molecule has 1 rings (SSSR count). The lowest BCUT2D eigenvalue weighted by Gasteiger charge is -2.22. The molecule has 0 saturated carbocycles. The highest BCUT2D eigenvalue weighted by atomic mass is 16.3. The Labute approximate surface area is 85.1 Å². The molecule has 0 atom stereocenters. The van der Waals surface area contributed by atoms with Crippen LogP contribution in [0.2, 0.25) is 0 Å². The van der Waals surface area contributed by atoms with Crippen molar-refractivity contribution in [2.45, 2.75) is 33.1 Å². The van der Waals surface area contributed by atoms with Gasteiger partial charge >= 0.3 is 0 Å². The van der Waals surface area contributed by atoms with Gasteiger partial charge in [0, 0.05) is 17.3 Å². The molecule has 2 heteroatoms. The maximum Gasteiger partial charge on any atom is 0.128 e. The van der Waals surface area contributed by atoms with Crippen molar-refractivity contribution < 1.29 is 5.11 Å². The smallest absolute Gasteiger partial charge is 0.128 e. The highest BCUT2D eigenvalue weighted by Gasteiger charge is 2.19. The summed E-state index contributed by atoms with van der Waals surface area (Å²) in [6.45, 7) is 8.13. The molecule has 0 aromatic heterocycles. The van der Waals surface area contributed by atoms with Crippen LogP contribution in [0.5, 0.6) is 5.75 Å². The summed E-state index contributed by atoms with van der Waals surface area (Å²) in [4.78, 5) is 0. The summed E-state index contributed by atoms with van der Waals surface area (Å²) in [7, 11) is 0.